The normalized spacial score (nSPS) is 14.4. The van der Waals surface area contributed by atoms with Crippen molar-refractivity contribution in [1.29, 1.82) is 0 Å². The molecule has 0 radical (unpaired) electrons. The molecular weight excluding hydrogens is 687 g/mol. The van der Waals surface area contributed by atoms with Gasteiger partial charge in [0.15, 0.2) is 0 Å². The summed E-state index contributed by atoms with van der Waals surface area (Å²) in [6.07, 6.45) is 0. The van der Waals surface area contributed by atoms with Crippen molar-refractivity contribution in [2.75, 3.05) is 4.90 Å². The second-order valence-corrected chi connectivity index (χ2v) is 16.4. The molecule has 57 heavy (non-hydrogen) atoms. The number of nitrogens with zero attached hydrogens (tertiary/aromatic N) is 1. The molecule has 0 amide bonds. The molecular formula is C56H39N. The van der Waals surface area contributed by atoms with Crippen molar-refractivity contribution in [2.45, 2.75) is 24.7 Å². The number of hydrogen-bond acceptors (Lipinski definition) is 1. The minimum atomic E-state index is -0.430. The van der Waals surface area contributed by atoms with Crippen molar-refractivity contribution in [3.05, 3.63) is 234 Å². The van der Waals surface area contributed by atoms with Crippen molar-refractivity contribution in [2.24, 2.45) is 0 Å². The predicted molar refractivity (Wildman–Crippen MR) is 238 cm³/mol. The molecule has 0 heterocycles. The molecule has 0 N–H and O–H groups in total. The Hall–Kier alpha value is -6.96. The van der Waals surface area contributed by atoms with Gasteiger partial charge in [0.25, 0.3) is 0 Å². The third kappa shape index (κ3) is 4.34. The Morgan fingerprint density at radius 1 is 0.316 bits per heavy atom. The molecule has 0 bridgehead atoms. The van der Waals surface area contributed by atoms with Crippen LogP contribution in [0, 0.1) is 0 Å². The molecule has 1 spiro atoms. The lowest BCUT2D eigenvalue weighted by Crippen LogP contribution is -2.26. The van der Waals surface area contributed by atoms with E-state index in [9.17, 15) is 0 Å². The van der Waals surface area contributed by atoms with Gasteiger partial charge in [-0.15, -0.1) is 0 Å². The van der Waals surface area contributed by atoms with Crippen molar-refractivity contribution in [3.63, 3.8) is 0 Å². The number of benzene rings is 9. The van der Waals surface area contributed by atoms with Gasteiger partial charge in [-0.25, -0.2) is 0 Å². The molecule has 0 saturated heterocycles. The summed E-state index contributed by atoms with van der Waals surface area (Å²) in [7, 11) is 0. The highest BCUT2D eigenvalue weighted by Crippen LogP contribution is 2.63. The van der Waals surface area contributed by atoms with E-state index in [2.05, 4.69) is 219 Å². The van der Waals surface area contributed by atoms with E-state index in [4.69, 9.17) is 0 Å². The van der Waals surface area contributed by atoms with Crippen LogP contribution in [0.15, 0.2) is 200 Å². The fraction of sp³-hybridized carbons (Fsp3) is 0.0714. The molecule has 0 atom stereocenters. The van der Waals surface area contributed by atoms with Crippen LogP contribution in [0.3, 0.4) is 0 Å². The van der Waals surface area contributed by atoms with Gasteiger partial charge in [-0.05, 0) is 119 Å². The van der Waals surface area contributed by atoms with Crippen LogP contribution in [0.5, 0.6) is 0 Å². The van der Waals surface area contributed by atoms with Gasteiger partial charge < -0.3 is 4.90 Å². The molecule has 3 aliphatic carbocycles. The van der Waals surface area contributed by atoms with Crippen molar-refractivity contribution >= 4 is 27.8 Å². The Morgan fingerprint density at radius 3 is 1.37 bits per heavy atom. The highest BCUT2D eigenvalue weighted by Gasteiger charge is 2.51. The molecule has 1 heteroatoms. The first-order chi connectivity index (χ1) is 28.0. The van der Waals surface area contributed by atoms with E-state index in [1.807, 2.05) is 0 Å². The SMILES string of the molecule is CC1(C)c2ccccc2-c2ccc(N(c3ccc4c(c3)C3(c5ccccc5-c5ccccc53)c3ccccc3-4)c3ccccc3-c3ccc4ccccc4c3)cc21. The van der Waals surface area contributed by atoms with E-state index in [1.165, 1.54) is 88.7 Å². The minimum Gasteiger partial charge on any atom is -0.310 e. The Balaban J connectivity index is 1.14. The second kappa shape index (κ2) is 11.8. The van der Waals surface area contributed by atoms with Crippen LogP contribution in [0.25, 0.3) is 55.3 Å². The third-order valence-corrected chi connectivity index (χ3v) is 13.3. The Labute approximate surface area is 334 Å². The van der Waals surface area contributed by atoms with E-state index < -0.39 is 5.41 Å². The van der Waals surface area contributed by atoms with Gasteiger partial charge in [0.05, 0.1) is 11.1 Å². The van der Waals surface area contributed by atoms with Gasteiger partial charge >= 0.3 is 0 Å². The van der Waals surface area contributed by atoms with Crippen molar-refractivity contribution < 1.29 is 0 Å². The summed E-state index contributed by atoms with van der Waals surface area (Å²) in [5.41, 5.74) is 21.3. The third-order valence-electron chi connectivity index (χ3n) is 13.3. The van der Waals surface area contributed by atoms with Crippen LogP contribution >= 0.6 is 0 Å². The molecule has 0 fully saturated rings. The number of para-hydroxylation sites is 1. The van der Waals surface area contributed by atoms with E-state index in [0.29, 0.717) is 0 Å². The molecule has 1 nitrogen and oxygen atoms in total. The first-order valence-electron chi connectivity index (χ1n) is 20.1. The fourth-order valence-corrected chi connectivity index (χ4v) is 10.8. The van der Waals surface area contributed by atoms with Gasteiger partial charge in [0.2, 0.25) is 0 Å². The topological polar surface area (TPSA) is 3.24 Å². The van der Waals surface area contributed by atoms with Crippen LogP contribution < -0.4 is 4.90 Å². The van der Waals surface area contributed by atoms with E-state index in [1.54, 1.807) is 0 Å². The molecule has 268 valence electrons. The Bertz CT molecular complexity index is 3060. The Kier molecular flexibility index (Phi) is 6.67. The zero-order chi connectivity index (χ0) is 37.9. The molecule has 0 aliphatic heterocycles. The molecule has 12 rings (SSSR count). The number of anilines is 3. The van der Waals surface area contributed by atoms with Gasteiger partial charge in [-0.1, -0.05) is 178 Å². The first-order valence-corrected chi connectivity index (χ1v) is 20.1. The number of hydrogen-bond donors (Lipinski definition) is 0. The summed E-state index contributed by atoms with van der Waals surface area (Å²) in [5.74, 6) is 0. The lowest BCUT2D eigenvalue weighted by molar-refractivity contribution is 0.660. The van der Waals surface area contributed by atoms with E-state index in [-0.39, 0.29) is 5.41 Å². The van der Waals surface area contributed by atoms with Crippen LogP contribution in [-0.2, 0) is 10.8 Å². The van der Waals surface area contributed by atoms with Crippen LogP contribution in [-0.4, -0.2) is 0 Å². The standard InChI is InChI=1S/C56H39N/c1-55(2)48-22-10-5-18-42(48)46-31-29-39(34-52(46)55)57(54-26-14-9-17-41(54)38-28-27-36-15-3-4-16-37(36)33-38)40-30-32-47-45-21-8-13-25-51(45)56(53(47)35-40)49-23-11-6-19-43(49)44-20-7-12-24-50(44)56/h3-35H,1-2H3. The highest BCUT2D eigenvalue weighted by molar-refractivity contribution is 5.98. The molecule has 0 unspecified atom stereocenters. The van der Waals surface area contributed by atoms with Crippen molar-refractivity contribution in [1.82, 2.24) is 0 Å². The van der Waals surface area contributed by atoms with Gasteiger partial charge in [-0.3, -0.25) is 0 Å². The molecule has 3 aliphatic rings. The maximum Gasteiger partial charge on any atom is 0.0726 e. The number of rotatable bonds is 4. The maximum absolute atomic E-state index is 2.52. The lowest BCUT2D eigenvalue weighted by atomic mass is 9.70. The summed E-state index contributed by atoms with van der Waals surface area (Å²) >= 11 is 0. The summed E-state index contributed by atoms with van der Waals surface area (Å²) in [5, 5.41) is 2.49. The maximum atomic E-state index is 2.52. The lowest BCUT2D eigenvalue weighted by Gasteiger charge is -2.33. The summed E-state index contributed by atoms with van der Waals surface area (Å²) in [6, 6.07) is 75.1. The smallest absolute Gasteiger partial charge is 0.0726 e. The van der Waals surface area contributed by atoms with E-state index >= 15 is 0 Å². The average Bonchev–Trinajstić information content (AvgIpc) is 3.82. The summed E-state index contributed by atoms with van der Waals surface area (Å²) < 4.78 is 0. The fourth-order valence-electron chi connectivity index (χ4n) is 10.8. The average molecular weight is 726 g/mol. The largest absolute Gasteiger partial charge is 0.310 e. The van der Waals surface area contributed by atoms with Crippen LogP contribution in [0.4, 0.5) is 17.1 Å². The molecule has 0 aromatic heterocycles. The summed E-state index contributed by atoms with van der Waals surface area (Å²) in [4.78, 5) is 2.52. The van der Waals surface area contributed by atoms with Crippen molar-refractivity contribution in [3.8, 4) is 44.5 Å². The zero-order valence-corrected chi connectivity index (χ0v) is 32.0. The minimum absolute atomic E-state index is 0.133. The molecule has 9 aromatic carbocycles. The molecule has 0 saturated carbocycles. The Morgan fingerprint density at radius 2 is 0.754 bits per heavy atom. The highest BCUT2D eigenvalue weighted by atomic mass is 15.1. The quantitative estimate of drug-likeness (QED) is 0.175. The number of fused-ring (bicyclic) bond motifs is 14. The van der Waals surface area contributed by atoms with E-state index in [0.717, 1.165) is 17.1 Å². The summed E-state index contributed by atoms with van der Waals surface area (Å²) in [6.45, 7) is 4.75. The second-order valence-electron chi connectivity index (χ2n) is 16.4. The monoisotopic (exact) mass is 725 g/mol. The molecule has 9 aromatic rings. The van der Waals surface area contributed by atoms with Gasteiger partial charge in [0, 0.05) is 22.4 Å². The van der Waals surface area contributed by atoms with Gasteiger partial charge in [-0.2, -0.15) is 0 Å². The first kappa shape index (κ1) is 32.3. The van der Waals surface area contributed by atoms with Crippen LogP contribution in [0.1, 0.15) is 47.2 Å². The van der Waals surface area contributed by atoms with Crippen LogP contribution in [0.2, 0.25) is 0 Å². The van der Waals surface area contributed by atoms with Gasteiger partial charge in [0.1, 0.15) is 0 Å². The zero-order valence-electron chi connectivity index (χ0n) is 32.0. The predicted octanol–water partition coefficient (Wildman–Crippen LogP) is 14.6.